The zero-order valence-corrected chi connectivity index (χ0v) is 11.1. The molecule has 2 atom stereocenters. The van der Waals surface area contributed by atoms with Crippen molar-refractivity contribution in [3.05, 3.63) is 48.0 Å². The summed E-state index contributed by atoms with van der Waals surface area (Å²) in [5, 5.41) is 13.0. The molecule has 0 bridgehead atoms. The van der Waals surface area contributed by atoms with Gasteiger partial charge in [-0.15, -0.1) is 0 Å². The molecule has 0 heterocycles. The quantitative estimate of drug-likeness (QED) is 0.819. The van der Waals surface area contributed by atoms with Crippen LogP contribution in [0.25, 0.3) is 0 Å². The average Bonchev–Trinajstić information content (AvgIpc) is 2.42. The summed E-state index contributed by atoms with van der Waals surface area (Å²) in [6.07, 6.45) is 6.76. The lowest BCUT2D eigenvalue weighted by atomic mass is 9.90. The van der Waals surface area contributed by atoms with Crippen LogP contribution >= 0.6 is 0 Å². The third-order valence-corrected chi connectivity index (χ3v) is 3.55. The maximum atomic E-state index is 12.2. The number of hydrogen-bond donors (Lipinski definition) is 2. The molecule has 1 aliphatic carbocycles. The number of benzene rings is 1. The van der Waals surface area contributed by atoms with E-state index < -0.39 is 6.10 Å². The summed E-state index contributed by atoms with van der Waals surface area (Å²) in [4.78, 5) is 12.2. The van der Waals surface area contributed by atoms with Gasteiger partial charge in [-0.2, -0.15) is 0 Å². The number of aliphatic hydroxyl groups excluding tert-OH is 1. The summed E-state index contributed by atoms with van der Waals surface area (Å²) in [5.41, 5.74) is 1.08. The van der Waals surface area contributed by atoms with Crippen LogP contribution in [-0.4, -0.2) is 17.1 Å². The Bertz CT molecular complexity index is 428. The number of carbonyl (C=O) groups excluding carboxylic acids is 1. The molecule has 0 saturated carbocycles. The van der Waals surface area contributed by atoms with Gasteiger partial charge < -0.3 is 10.4 Å². The van der Waals surface area contributed by atoms with Gasteiger partial charge in [0.2, 0.25) is 5.91 Å². The first-order chi connectivity index (χ1) is 9.27. The number of nitrogens with one attached hydrogen (secondary N) is 1. The van der Waals surface area contributed by atoms with E-state index in [1.54, 1.807) is 0 Å². The summed E-state index contributed by atoms with van der Waals surface area (Å²) in [7, 11) is 0. The van der Waals surface area contributed by atoms with Crippen LogP contribution in [0.5, 0.6) is 0 Å². The highest BCUT2D eigenvalue weighted by molar-refractivity contribution is 5.79. The highest BCUT2D eigenvalue weighted by Crippen LogP contribution is 2.19. The molecular formula is C16H21NO2. The predicted octanol–water partition coefficient (Wildman–Crippen LogP) is 2.41. The highest BCUT2D eigenvalue weighted by Gasteiger charge is 2.26. The number of amides is 1. The van der Waals surface area contributed by atoms with Crippen LogP contribution in [0.1, 0.15) is 31.2 Å². The van der Waals surface area contributed by atoms with E-state index in [4.69, 9.17) is 0 Å². The Balaban J connectivity index is 1.89. The smallest absolute Gasteiger partial charge is 0.226 e. The maximum absolute atomic E-state index is 12.2. The molecule has 0 radical (unpaired) electrons. The molecule has 1 aromatic carbocycles. The zero-order valence-electron chi connectivity index (χ0n) is 11.1. The predicted molar refractivity (Wildman–Crippen MR) is 75.4 cm³/mol. The van der Waals surface area contributed by atoms with Crippen molar-refractivity contribution in [1.82, 2.24) is 5.32 Å². The van der Waals surface area contributed by atoms with Crippen molar-refractivity contribution in [2.24, 2.45) is 5.92 Å². The monoisotopic (exact) mass is 259 g/mol. The fourth-order valence-electron chi connectivity index (χ4n) is 2.39. The van der Waals surface area contributed by atoms with E-state index in [2.05, 4.69) is 17.5 Å². The Labute approximate surface area is 114 Å². The Morgan fingerprint density at radius 1 is 1.16 bits per heavy atom. The number of hydrogen-bond acceptors (Lipinski definition) is 2. The summed E-state index contributed by atoms with van der Waals surface area (Å²) in [5.74, 6) is -0.319. The van der Waals surface area contributed by atoms with Gasteiger partial charge in [0.05, 0.1) is 12.0 Å². The molecule has 3 heteroatoms. The van der Waals surface area contributed by atoms with Crippen LogP contribution in [0, 0.1) is 5.92 Å². The standard InChI is InChI=1S/C16H21NO2/c18-15-11-7-2-1-6-10-14(15)16(19)17-12-13-8-4-3-5-9-13/h1-5,8-9,14-15,18H,6-7,10-12H2,(H,17,19)/b2-1-/t14-,15-/m0/s1. The van der Waals surface area contributed by atoms with Crippen LogP contribution in [0.2, 0.25) is 0 Å². The van der Waals surface area contributed by atoms with Gasteiger partial charge in [0.1, 0.15) is 0 Å². The van der Waals surface area contributed by atoms with E-state index in [0.29, 0.717) is 13.0 Å². The third-order valence-electron chi connectivity index (χ3n) is 3.55. The topological polar surface area (TPSA) is 49.3 Å². The second kappa shape index (κ2) is 7.10. The van der Waals surface area contributed by atoms with E-state index in [0.717, 1.165) is 24.8 Å². The second-order valence-corrected chi connectivity index (χ2v) is 5.00. The van der Waals surface area contributed by atoms with Crippen LogP contribution in [0.3, 0.4) is 0 Å². The Morgan fingerprint density at radius 2 is 1.84 bits per heavy atom. The van der Waals surface area contributed by atoms with Crippen LogP contribution in [0.15, 0.2) is 42.5 Å². The Hall–Kier alpha value is -1.61. The molecule has 2 rings (SSSR count). The molecule has 1 amide bonds. The average molecular weight is 259 g/mol. The van der Waals surface area contributed by atoms with E-state index in [1.807, 2.05) is 30.3 Å². The molecule has 0 unspecified atom stereocenters. The van der Waals surface area contributed by atoms with Crippen molar-refractivity contribution in [2.45, 2.75) is 38.3 Å². The van der Waals surface area contributed by atoms with E-state index >= 15 is 0 Å². The maximum Gasteiger partial charge on any atom is 0.226 e. The first-order valence-electron chi connectivity index (χ1n) is 6.92. The largest absolute Gasteiger partial charge is 0.392 e. The number of rotatable bonds is 3. The second-order valence-electron chi connectivity index (χ2n) is 5.00. The van der Waals surface area contributed by atoms with Crippen LogP contribution in [0.4, 0.5) is 0 Å². The molecule has 1 aliphatic rings. The lowest BCUT2D eigenvalue weighted by Gasteiger charge is -2.23. The SMILES string of the molecule is O=C(NCc1ccccc1)[C@H]1CC/C=C\CC[C@@H]1O. The molecule has 19 heavy (non-hydrogen) atoms. The van der Waals surface area contributed by atoms with Gasteiger partial charge in [-0.1, -0.05) is 42.5 Å². The molecule has 2 N–H and O–H groups in total. The van der Waals surface area contributed by atoms with Crippen molar-refractivity contribution in [1.29, 1.82) is 0 Å². The fourth-order valence-corrected chi connectivity index (χ4v) is 2.39. The van der Waals surface area contributed by atoms with Crippen LogP contribution in [-0.2, 0) is 11.3 Å². The van der Waals surface area contributed by atoms with E-state index in [-0.39, 0.29) is 11.8 Å². The van der Waals surface area contributed by atoms with Crippen molar-refractivity contribution in [3.63, 3.8) is 0 Å². The van der Waals surface area contributed by atoms with Crippen molar-refractivity contribution >= 4 is 5.91 Å². The van der Waals surface area contributed by atoms with Crippen LogP contribution < -0.4 is 5.32 Å². The minimum atomic E-state index is -0.527. The normalized spacial score (nSPS) is 25.1. The lowest BCUT2D eigenvalue weighted by Crippen LogP contribution is -2.37. The molecule has 0 fully saturated rings. The fraction of sp³-hybridized carbons (Fsp3) is 0.438. The minimum absolute atomic E-state index is 0.0355. The molecule has 0 saturated heterocycles. The molecule has 0 spiro atoms. The first-order valence-corrected chi connectivity index (χ1v) is 6.92. The van der Waals surface area contributed by atoms with Crippen molar-refractivity contribution in [3.8, 4) is 0 Å². The zero-order chi connectivity index (χ0) is 13.5. The number of aliphatic hydroxyl groups is 1. The van der Waals surface area contributed by atoms with Gasteiger partial charge in [0.25, 0.3) is 0 Å². The Morgan fingerprint density at radius 3 is 2.58 bits per heavy atom. The van der Waals surface area contributed by atoms with Gasteiger partial charge in [0, 0.05) is 6.54 Å². The van der Waals surface area contributed by atoms with Crippen molar-refractivity contribution in [2.75, 3.05) is 0 Å². The molecular weight excluding hydrogens is 238 g/mol. The number of allylic oxidation sites excluding steroid dienone is 2. The summed E-state index contributed by atoms with van der Waals surface area (Å²) in [6, 6.07) is 9.83. The number of carbonyl (C=O) groups is 1. The summed E-state index contributed by atoms with van der Waals surface area (Å²) < 4.78 is 0. The van der Waals surface area contributed by atoms with E-state index in [9.17, 15) is 9.90 Å². The third kappa shape index (κ3) is 4.21. The van der Waals surface area contributed by atoms with Gasteiger partial charge >= 0.3 is 0 Å². The van der Waals surface area contributed by atoms with Gasteiger partial charge in [-0.25, -0.2) is 0 Å². The van der Waals surface area contributed by atoms with E-state index in [1.165, 1.54) is 0 Å². The molecule has 0 aromatic heterocycles. The van der Waals surface area contributed by atoms with Gasteiger partial charge in [-0.3, -0.25) is 4.79 Å². The molecule has 3 nitrogen and oxygen atoms in total. The summed E-state index contributed by atoms with van der Waals surface area (Å²) in [6.45, 7) is 0.527. The molecule has 102 valence electrons. The van der Waals surface area contributed by atoms with Crippen molar-refractivity contribution < 1.29 is 9.90 Å². The molecule has 0 aliphatic heterocycles. The van der Waals surface area contributed by atoms with Gasteiger partial charge in [0.15, 0.2) is 0 Å². The Kier molecular flexibility index (Phi) is 5.16. The molecule has 1 aromatic rings. The lowest BCUT2D eigenvalue weighted by molar-refractivity contribution is -0.129. The summed E-state index contributed by atoms with van der Waals surface area (Å²) >= 11 is 0. The van der Waals surface area contributed by atoms with Gasteiger partial charge in [-0.05, 0) is 31.2 Å². The minimum Gasteiger partial charge on any atom is -0.392 e. The highest BCUT2D eigenvalue weighted by atomic mass is 16.3. The first kappa shape index (κ1) is 13.8.